The average Bonchev–Trinajstić information content (AvgIpc) is 3.47. The van der Waals surface area contributed by atoms with Crippen LogP contribution in [0.2, 0.25) is 0 Å². The van der Waals surface area contributed by atoms with Crippen molar-refractivity contribution in [2.75, 3.05) is 19.8 Å². The van der Waals surface area contributed by atoms with Crippen molar-refractivity contribution in [2.45, 2.75) is 63.2 Å². The fourth-order valence-electron chi connectivity index (χ4n) is 3.01. The number of carbonyl (C=O) groups excluding carboxylic acids is 1. The lowest BCUT2D eigenvalue weighted by Crippen LogP contribution is -2.30. The molecule has 4 atom stereocenters. The number of nitrogens with two attached hydrogens (primary N) is 1. The highest BCUT2D eigenvalue weighted by atomic mass is 16.6. The number of carbonyl (C=O) groups is 2. The SMILES string of the molecule is C=C1C(CC(N)C(=O)O)C1OCCCCCCC1(C(=O)OCC)CO1. The van der Waals surface area contributed by atoms with Gasteiger partial charge in [-0.15, -0.1) is 0 Å². The van der Waals surface area contributed by atoms with Gasteiger partial charge in [-0.3, -0.25) is 4.79 Å². The van der Waals surface area contributed by atoms with Gasteiger partial charge in [0.05, 0.1) is 19.3 Å². The van der Waals surface area contributed by atoms with Crippen LogP contribution >= 0.6 is 0 Å². The molecule has 7 heteroatoms. The lowest BCUT2D eigenvalue weighted by atomic mass is 10.0. The molecule has 4 unspecified atom stereocenters. The van der Waals surface area contributed by atoms with Gasteiger partial charge in [-0.05, 0) is 38.2 Å². The number of unbranched alkanes of at least 4 members (excludes halogenated alkanes) is 3. The molecule has 1 saturated carbocycles. The van der Waals surface area contributed by atoms with E-state index in [2.05, 4.69) is 6.58 Å². The van der Waals surface area contributed by atoms with Crippen LogP contribution in [0.1, 0.15) is 45.4 Å². The van der Waals surface area contributed by atoms with E-state index in [1.54, 1.807) is 6.92 Å². The molecule has 1 aliphatic heterocycles. The Hall–Kier alpha value is -1.44. The van der Waals surface area contributed by atoms with E-state index in [1.165, 1.54) is 0 Å². The van der Waals surface area contributed by atoms with Crippen molar-refractivity contribution in [2.24, 2.45) is 11.7 Å². The fourth-order valence-corrected chi connectivity index (χ4v) is 3.01. The predicted molar refractivity (Wildman–Crippen MR) is 91.0 cm³/mol. The molecule has 0 bridgehead atoms. The number of hydrogen-bond acceptors (Lipinski definition) is 6. The van der Waals surface area contributed by atoms with Gasteiger partial charge in [0, 0.05) is 12.5 Å². The molecule has 2 aliphatic rings. The molecule has 0 radical (unpaired) electrons. The van der Waals surface area contributed by atoms with Gasteiger partial charge in [0.25, 0.3) is 0 Å². The second-order valence-corrected chi connectivity index (χ2v) is 6.82. The summed E-state index contributed by atoms with van der Waals surface area (Å²) in [5.74, 6) is -1.16. The number of ether oxygens (including phenoxy) is 3. The van der Waals surface area contributed by atoms with Crippen LogP contribution in [0.4, 0.5) is 0 Å². The van der Waals surface area contributed by atoms with Crippen molar-refractivity contribution in [3.05, 3.63) is 12.2 Å². The molecular weight excluding hydrogens is 326 g/mol. The number of esters is 1. The summed E-state index contributed by atoms with van der Waals surface area (Å²) in [5.41, 5.74) is 5.80. The Morgan fingerprint density at radius 2 is 2.08 bits per heavy atom. The zero-order valence-corrected chi connectivity index (χ0v) is 14.9. The molecule has 3 N–H and O–H groups in total. The van der Waals surface area contributed by atoms with E-state index < -0.39 is 17.6 Å². The first kappa shape index (κ1) is 19.9. The van der Waals surface area contributed by atoms with Gasteiger partial charge >= 0.3 is 11.9 Å². The Bertz CT molecular complexity index is 502. The zero-order valence-electron chi connectivity index (χ0n) is 14.9. The van der Waals surface area contributed by atoms with Crippen molar-refractivity contribution < 1.29 is 28.9 Å². The minimum absolute atomic E-state index is 0.0441. The molecular formula is C18H29NO6. The van der Waals surface area contributed by atoms with Crippen LogP contribution < -0.4 is 5.73 Å². The molecule has 1 heterocycles. The van der Waals surface area contributed by atoms with Crippen molar-refractivity contribution in [3.8, 4) is 0 Å². The van der Waals surface area contributed by atoms with Crippen molar-refractivity contribution in [3.63, 3.8) is 0 Å². The van der Waals surface area contributed by atoms with Gasteiger partial charge in [-0.25, -0.2) is 4.79 Å². The topological polar surface area (TPSA) is 111 Å². The molecule has 142 valence electrons. The summed E-state index contributed by atoms with van der Waals surface area (Å²) in [7, 11) is 0. The maximum atomic E-state index is 11.7. The quantitative estimate of drug-likeness (QED) is 0.223. The number of rotatable bonds is 13. The lowest BCUT2D eigenvalue weighted by molar-refractivity contribution is -0.149. The highest BCUT2D eigenvalue weighted by Crippen LogP contribution is 2.43. The molecule has 7 nitrogen and oxygen atoms in total. The number of epoxide rings is 1. The third-order valence-corrected chi connectivity index (χ3v) is 4.84. The van der Waals surface area contributed by atoms with Crippen LogP contribution in [0.15, 0.2) is 12.2 Å². The van der Waals surface area contributed by atoms with Crippen LogP contribution in [0.3, 0.4) is 0 Å². The summed E-state index contributed by atoms with van der Waals surface area (Å²) in [6, 6.07) is -0.855. The molecule has 0 amide bonds. The van der Waals surface area contributed by atoms with Gasteiger partial charge in [0.1, 0.15) is 6.04 Å². The van der Waals surface area contributed by atoms with Gasteiger partial charge in [0.15, 0.2) is 5.60 Å². The van der Waals surface area contributed by atoms with E-state index in [0.29, 0.717) is 32.7 Å². The summed E-state index contributed by atoms with van der Waals surface area (Å²) in [6.45, 7) is 7.18. The lowest BCUT2D eigenvalue weighted by Gasteiger charge is -2.10. The van der Waals surface area contributed by atoms with Crippen LogP contribution in [0.5, 0.6) is 0 Å². The number of carboxylic acid groups (broad SMARTS) is 1. The largest absolute Gasteiger partial charge is 0.480 e. The highest BCUT2D eigenvalue weighted by molar-refractivity contribution is 5.82. The van der Waals surface area contributed by atoms with Crippen molar-refractivity contribution >= 4 is 11.9 Å². The normalized spacial score (nSPS) is 28.5. The van der Waals surface area contributed by atoms with Crippen LogP contribution in [-0.4, -0.2) is 54.6 Å². The maximum absolute atomic E-state index is 11.7. The smallest absolute Gasteiger partial charge is 0.340 e. The minimum atomic E-state index is -0.987. The highest BCUT2D eigenvalue weighted by Gasteiger charge is 2.53. The fraction of sp³-hybridized carbons (Fsp3) is 0.778. The number of carboxylic acids is 1. The van der Waals surface area contributed by atoms with E-state index in [0.717, 1.165) is 31.3 Å². The number of hydrogen-bond donors (Lipinski definition) is 2. The van der Waals surface area contributed by atoms with E-state index >= 15 is 0 Å². The van der Waals surface area contributed by atoms with Gasteiger partial charge in [-0.2, -0.15) is 0 Å². The molecule has 0 aromatic carbocycles. The summed E-state index contributed by atoms with van der Waals surface area (Å²) in [5, 5.41) is 8.82. The van der Waals surface area contributed by atoms with Gasteiger partial charge in [0.2, 0.25) is 0 Å². The van der Waals surface area contributed by atoms with E-state index in [4.69, 9.17) is 25.1 Å². The monoisotopic (exact) mass is 355 g/mol. The van der Waals surface area contributed by atoms with E-state index in [9.17, 15) is 9.59 Å². The predicted octanol–water partition coefficient (Wildman–Crippen LogP) is 1.64. The zero-order chi connectivity index (χ0) is 18.4. The second kappa shape index (κ2) is 8.78. The summed E-state index contributed by atoms with van der Waals surface area (Å²) >= 11 is 0. The minimum Gasteiger partial charge on any atom is -0.480 e. The maximum Gasteiger partial charge on any atom is 0.340 e. The molecule has 2 rings (SSSR count). The molecule has 0 spiro atoms. The van der Waals surface area contributed by atoms with Crippen LogP contribution in [0.25, 0.3) is 0 Å². The number of aliphatic carboxylic acids is 1. The Balaban J connectivity index is 1.49. The first-order valence-electron chi connectivity index (χ1n) is 9.01. The first-order chi connectivity index (χ1) is 11.9. The van der Waals surface area contributed by atoms with E-state index in [1.807, 2.05) is 0 Å². The van der Waals surface area contributed by atoms with Gasteiger partial charge in [-0.1, -0.05) is 19.4 Å². The third-order valence-electron chi connectivity index (χ3n) is 4.84. The summed E-state index contributed by atoms with van der Waals surface area (Å²) < 4.78 is 16.1. The Morgan fingerprint density at radius 1 is 1.40 bits per heavy atom. The van der Waals surface area contributed by atoms with E-state index in [-0.39, 0.29) is 18.0 Å². The average molecular weight is 355 g/mol. The molecule has 1 saturated heterocycles. The Morgan fingerprint density at radius 3 is 2.68 bits per heavy atom. The molecule has 0 aromatic rings. The standard InChI is InChI=1S/C18H29NO6/c1-3-23-17(22)18(11-25-18)8-6-4-5-7-9-24-15-12(2)13(15)10-14(19)16(20)21/h13-15H,2-11,19H2,1H3,(H,20,21). The molecule has 1 aliphatic carbocycles. The van der Waals surface area contributed by atoms with Crippen molar-refractivity contribution in [1.29, 1.82) is 0 Å². The van der Waals surface area contributed by atoms with Crippen LogP contribution in [-0.2, 0) is 23.8 Å². The Kier molecular flexibility index (Phi) is 6.98. The molecule has 2 fully saturated rings. The Labute approximate surface area is 148 Å². The first-order valence-corrected chi connectivity index (χ1v) is 9.01. The van der Waals surface area contributed by atoms with Crippen LogP contribution in [0, 0.1) is 5.92 Å². The van der Waals surface area contributed by atoms with Crippen molar-refractivity contribution in [1.82, 2.24) is 0 Å². The molecule has 25 heavy (non-hydrogen) atoms. The summed E-state index contributed by atoms with van der Waals surface area (Å²) in [6.07, 6.45) is 4.91. The third kappa shape index (κ3) is 5.52. The second-order valence-electron chi connectivity index (χ2n) is 6.82. The van der Waals surface area contributed by atoms with Gasteiger partial charge < -0.3 is 25.1 Å². The molecule has 0 aromatic heterocycles. The summed E-state index contributed by atoms with van der Waals surface area (Å²) in [4.78, 5) is 22.5.